The minimum absolute atomic E-state index is 0.0387. The Bertz CT molecular complexity index is 1310. The fourth-order valence-corrected chi connectivity index (χ4v) is 3.26. The van der Waals surface area contributed by atoms with Gasteiger partial charge in [0.25, 0.3) is 12.3 Å². The van der Waals surface area contributed by atoms with Crippen LogP contribution >= 0.6 is 11.6 Å². The Kier molecular flexibility index (Phi) is 7.79. The van der Waals surface area contributed by atoms with Crippen LogP contribution in [0.5, 0.6) is 5.75 Å². The normalized spacial score (nSPS) is 12.0. The molecule has 35 heavy (non-hydrogen) atoms. The molecule has 9 nitrogen and oxygen atoms in total. The molecule has 0 unspecified atom stereocenters. The molecule has 2 N–H and O–H groups in total. The first-order chi connectivity index (χ1) is 16.6. The van der Waals surface area contributed by atoms with Crippen LogP contribution in [0.25, 0.3) is 5.69 Å². The molecule has 0 saturated heterocycles. The van der Waals surface area contributed by atoms with Crippen LogP contribution in [0.15, 0.2) is 41.2 Å². The second kappa shape index (κ2) is 10.6. The SMILES string of the molecule is CCn1c(C(=O)O)nn(-c2ccc(C(=O)Nc3c(F)cccc3Cl)c(O[C@@H](CF)C(F)F)c2)c1=O. The van der Waals surface area contributed by atoms with Gasteiger partial charge in [0.2, 0.25) is 5.82 Å². The molecule has 3 rings (SSSR count). The van der Waals surface area contributed by atoms with Crippen molar-refractivity contribution >= 4 is 29.2 Å². The van der Waals surface area contributed by atoms with Crippen molar-refractivity contribution in [1.82, 2.24) is 14.3 Å². The van der Waals surface area contributed by atoms with Gasteiger partial charge in [0.1, 0.15) is 18.2 Å². The first-order valence-electron chi connectivity index (χ1n) is 9.92. The van der Waals surface area contributed by atoms with Gasteiger partial charge in [-0.1, -0.05) is 17.7 Å². The van der Waals surface area contributed by atoms with Gasteiger partial charge >= 0.3 is 11.7 Å². The van der Waals surface area contributed by atoms with Gasteiger partial charge in [0, 0.05) is 12.6 Å². The van der Waals surface area contributed by atoms with Gasteiger partial charge in [-0.05, 0) is 31.2 Å². The summed E-state index contributed by atoms with van der Waals surface area (Å²) in [6.07, 6.45) is -5.55. The summed E-state index contributed by atoms with van der Waals surface area (Å²) in [6.45, 7) is -0.150. The molecular weight excluding hydrogens is 500 g/mol. The van der Waals surface area contributed by atoms with Crippen molar-refractivity contribution < 1.29 is 37.0 Å². The number of rotatable bonds is 9. The Morgan fingerprint density at radius 3 is 2.51 bits per heavy atom. The zero-order valence-corrected chi connectivity index (χ0v) is 18.6. The number of aromatic carboxylic acids is 1. The van der Waals surface area contributed by atoms with Gasteiger partial charge in [-0.3, -0.25) is 9.36 Å². The average Bonchev–Trinajstić information content (AvgIpc) is 3.15. The fraction of sp³-hybridized carbons (Fsp3) is 0.238. The summed E-state index contributed by atoms with van der Waals surface area (Å²) in [5, 5.41) is 15.0. The van der Waals surface area contributed by atoms with E-state index in [1.807, 2.05) is 0 Å². The number of halogens is 5. The third-order valence-electron chi connectivity index (χ3n) is 4.74. The number of ether oxygens (including phenoxy) is 1. The summed E-state index contributed by atoms with van der Waals surface area (Å²) in [7, 11) is 0. The highest BCUT2D eigenvalue weighted by Gasteiger charge is 2.27. The maximum atomic E-state index is 14.1. The van der Waals surface area contributed by atoms with Crippen molar-refractivity contribution in [3.8, 4) is 11.4 Å². The third kappa shape index (κ3) is 5.29. The molecule has 1 aromatic heterocycles. The topological polar surface area (TPSA) is 115 Å². The highest BCUT2D eigenvalue weighted by molar-refractivity contribution is 6.34. The van der Waals surface area contributed by atoms with Gasteiger partial charge in [0.05, 0.1) is 22.0 Å². The van der Waals surface area contributed by atoms with E-state index in [4.69, 9.17) is 16.3 Å². The van der Waals surface area contributed by atoms with E-state index in [-0.39, 0.29) is 17.3 Å². The number of amides is 1. The highest BCUT2D eigenvalue weighted by atomic mass is 35.5. The van der Waals surface area contributed by atoms with Crippen LogP contribution in [-0.4, -0.2) is 50.5 Å². The molecule has 1 atom stereocenters. The number of carboxylic acid groups (broad SMARTS) is 1. The Hall–Kier alpha value is -3.87. The Labute approximate surface area is 199 Å². The number of hydrogen-bond donors (Lipinski definition) is 2. The number of nitrogens with one attached hydrogen (secondary N) is 1. The summed E-state index contributed by atoms with van der Waals surface area (Å²) in [5.74, 6) is -4.59. The zero-order valence-electron chi connectivity index (χ0n) is 17.8. The first kappa shape index (κ1) is 25.7. The van der Waals surface area contributed by atoms with Crippen molar-refractivity contribution in [3.63, 3.8) is 0 Å². The molecular formula is C21H17ClF4N4O5. The highest BCUT2D eigenvalue weighted by Crippen LogP contribution is 2.29. The minimum atomic E-state index is -3.28. The standard InChI is InChI=1S/C21H17ClF4N4O5/c1-2-29-18(20(32)33)28-30(21(29)34)10-6-7-11(14(8-10)35-15(9-23)17(25)26)19(31)27-16-12(22)4-3-5-13(16)24/h3-8,15,17H,2,9H2,1H3,(H,27,31)(H,32,33)/t15-/m0/s1. The minimum Gasteiger partial charge on any atom is -0.481 e. The molecule has 0 saturated carbocycles. The van der Waals surface area contributed by atoms with Gasteiger partial charge in [0.15, 0.2) is 6.10 Å². The monoisotopic (exact) mass is 516 g/mol. The van der Waals surface area contributed by atoms with E-state index in [0.29, 0.717) is 4.68 Å². The summed E-state index contributed by atoms with van der Waals surface area (Å²) in [6, 6.07) is 6.74. The molecule has 0 aliphatic rings. The van der Waals surface area contributed by atoms with E-state index in [1.54, 1.807) is 0 Å². The predicted octanol–water partition coefficient (Wildman–Crippen LogP) is 3.78. The first-order valence-corrected chi connectivity index (χ1v) is 10.3. The molecule has 2 aromatic carbocycles. The zero-order chi connectivity index (χ0) is 25.9. The molecule has 0 fully saturated rings. The molecule has 0 aliphatic heterocycles. The van der Waals surface area contributed by atoms with Crippen molar-refractivity contribution in [2.45, 2.75) is 26.0 Å². The number of carbonyl (C=O) groups excluding carboxylic acids is 1. The van der Waals surface area contributed by atoms with Crippen molar-refractivity contribution in [2.75, 3.05) is 12.0 Å². The van der Waals surface area contributed by atoms with E-state index in [1.165, 1.54) is 19.1 Å². The summed E-state index contributed by atoms with van der Waals surface area (Å²) in [4.78, 5) is 36.8. The number of aromatic nitrogens is 3. The van der Waals surface area contributed by atoms with E-state index in [9.17, 15) is 37.1 Å². The second-order valence-electron chi connectivity index (χ2n) is 6.94. The number of benzene rings is 2. The van der Waals surface area contributed by atoms with Crippen molar-refractivity contribution in [2.24, 2.45) is 0 Å². The summed E-state index contributed by atoms with van der Waals surface area (Å²) in [5.41, 5.74) is -1.85. The number of carbonyl (C=O) groups is 2. The Morgan fingerprint density at radius 1 is 1.26 bits per heavy atom. The van der Waals surface area contributed by atoms with Crippen LogP contribution in [0.4, 0.5) is 23.2 Å². The maximum absolute atomic E-state index is 14.1. The number of carboxylic acids is 1. The molecule has 1 heterocycles. The maximum Gasteiger partial charge on any atom is 0.374 e. The Morgan fingerprint density at radius 2 is 1.97 bits per heavy atom. The van der Waals surface area contributed by atoms with E-state index in [0.717, 1.165) is 28.8 Å². The van der Waals surface area contributed by atoms with Gasteiger partial charge in [-0.2, -0.15) is 4.68 Å². The number of anilines is 1. The van der Waals surface area contributed by atoms with E-state index >= 15 is 0 Å². The summed E-state index contributed by atoms with van der Waals surface area (Å²) >= 11 is 5.90. The molecule has 3 aromatic rings. The van der Waals surface area contributed by atoms with Crippen LogP contribution in [0.2, 0.25) is 5.02 Å². The lowest BCUT2D eigenvalue weighted by atomic mass is 10.1. The van der Waals surface area contributed by atoms with Crippen LogP contribution in [-0.2, 0) is 6.54 Å². The summed E-state index contributed by atoms with van der Waals surface area (Å²) < 4.78 is 60.1. The molecule has 0 bridgehead atoms. The largest absolute Gasteiger partial charge is 0.481 e. The van der Waals surface area contributed by atoms with E-state index in [2.05, 4.69) is 10.4 Å². The van der Waals surface area contributed by atoms with E-state index < -0.39 is 65.4 Å². The van der Waals surface area contributed by atoms with Gasteiger partial charge < -0.3 is 15.2 Å². The average molecular weight is 517 g/mol. The quantitative estimate of drug-likeness (QED) is 0.418. The van der Waals surface area contributed by atoms with Gasteiger partial charge in [-0.25, -0.2) is 27.2 Å². The lowest BCUT2D eigenvalue weighted by Gasteiger charge is -2.18. The smallest absolute Gasteiger partial charge is 0.374 e. The second-order valence-corrected chi connectivity index (χ2v) is 7.35. The lowest BCUT2D eigenvalue weighted by Crippen LogP contribution is -2.29. The van der Waals surface area contributed by atoms with Crippen molar-refractivity contribution in [3.05, 3.63) is 69.1 Å². The van der Waals surface area contributed by atoms with Crippen LogP contribution in [0.3, 0.4) is 0 Å². The molecule has 0 radical (unpaired) electrons. The van der Waals surface area contributed by atoms with Crippen molar-refractivity contribution in [1.29, 1.82) is 0 Å². The molecule has 186 valence electrons. The lowest BCUT2D eigenvalue weighted by molar-refractivity contribution is -0.00155. The number of alkyl halides is 3. The predicted molar refractivity (Wildman–Crippen MR) is 116 cm³/mol. The number of para-hydroxylation sites is 1. The van der Waals surface area contributed by atoms with Crippen LogP contribution < -0.4 is 15.7 Å². The molecule has 1 amide bonds. The fourth-order valence-electron chi connectivity index (χ4n) is 3.05. The Balaban J connectivity index is 2.11. The number of hydrogen-bond acceptors (Lipinski definition) is 5. The molecule has 0 aliphatic carbocycles. The van der Waals surface area contributed by atoms with Gasteiger partial charge in [-0.15, -0.1) is 5.10 Å². The third-order valence-corrected chi connectivity index (χ3v) is 5.05. The number of nitrogens with zero attached hydrogens (tertiary/aromatic N) is 3. The van der Waals surface area contributed by atoms with Crippen LogP contribution in [0, 0.1) is 5.82 Å². The van der Waals surface area contributed by atoms with Crippen LogP contribution in [0.1, 0.15) is 27.9 Å². The molecule has 14 heteroatoms. The molecule has 0 spiro atoms.